The molecular formula is C23H23ClN4O5S2. The first kappa shape index (κ1) is 25.0. The molecule has 1 fully saturated rings. The minimum absolute atomic E-state index is 0.167. The third-order valence-corrected chi connectivity index (χ3v) is 7.03. The zero-order chi connectivity index (χ0) is 25.3. The number of carbonyl (C=O) groups excluding carboxylic acids is 2. The fourth-order valence-corrected chi connectivity index (χ4v) is 5.32. The Morgan fingerprint density at radius 2 is 1.94 bits per heavy atom. The van der Waals surface area contributed by atoms with Crippen LogP contribution in [0, 0.1) is 0 Å². The van der Waals surface area contributed by atoms with Crippen LogP contribution in [0.3, 0.4) is 0 Å². The van der Waals surface area contributed by atoms with Gasteiger partial charge in [-0.3, -0.25) is 9.69 Å². The van der Waals surface area contributed by atoms with E-state index in [0.717, 1.165) is 16.3 Å². The highest BCUT2D eigenvalue weighted by Crippen LogP contribution is 2.28. The van der Waals surface area contributed by atoms with E-state index < -0.39 is 22.2 Å². The van der Waals surface area contributed by atoms with Crippen LogP contribution in [0.4, 0.5) is 10.5 Å². The normalized spacial score (nSPS) is 16.5. The van der Waals surface area contributed by atoms with Crippen molar-refractivity contribution in [1.29, 1.82) is 0 Å². The van der Waals surface area contributed by atoms with E-state index in [1.807, 2.05) is 6.07 Å². The quantitative estimate of drug-likeness (QED) is 0.382. The van der Waals surface area contributed by atoms with Crippen LogP contribution in [-0.4, -0.2) is 70.7 Å². The molecule has 0 bridgehead atoms. The number of amidine groups is 1. The smallest absolute Gasteiger partial charge is 0.414 e. The average Bonchev–Trinajstić information content (AvgIpc) is 3.38. The Hall–Kier alpha value is -3.15. The van der Waals surface area contributed by atoms with Crippen molar-refractivity contribution in [2.75, 3.05) is 38.3 Å². The third kappa shape index (κ3) is 5.92. The highest BCUT2D eigenvalue weighted by molar-refractivity contribution is 7.89. The molecule has 35 heavy (non-hydrogen) atoms. The molecule has 3 aromatic rings. The predicted octanol–water partition coefficient (Wildman–Crippen LogP) is 3.58. The van der Waals surface area contributed by atoms with Crippen LogP contribution < -0.4 is 10.2 Å². The molecule has 1 aliphatic rings. The fraction of sp³-hybridized carbons (Fsp3) is 0.261. The fourth-order valence-electron chi connectivity index (χ4n) is 3.60. The molecule has 1 N–H and O–H groups in total. The number of hydrogen-bond donors (Lipinski definition) is 1. The number of anilines is 1. The standard InChI is InChI=1S/C23H23ClN4O5S2/c1-27(2)21(26-35(3,31)32)14-4-7-17(8-5-14)28-13-18(33-23(28)30)12-25-22(29)20-11-15-10-16(24)6-9-19(15)34-20/h4-11,18H,12-13H2,1-3H3,(H,25,29). The molecule has 0 radical (unpaired) electrons. The molecule has 1 unspecified atom stereocenters. The molecule has 2 heterocycles. The lowest BCUT2D eigenvalue weighted by molar-refractivity contribution is 0.0920. The molecule has 0 spiro atoms. The lowest BCUT2D eigenvalue weighted by atomic mass is 10.1. The van der Waals surface area contributed by atoms with E-state index in [4.69, 9.17) is 16.3 Å². The van der Waals surface area contributed by atoms with Gasteiger partial charge in [0.05, 0.1) is 24.2 Å². The number of cyclic esters (lactones) is 1. The Labute approximate surface area is 212 Å². The number of carbonyl (C=O) groups is 2. The van der Waals surface area contributed by atoms with Crippen LogP contribution in [0.25, 0.3) is 10.1 Å². The van der Waals surface area contributed by atoms with Gasteiger partial charge in [-0.25, -0.2) is 13.2 Å². The molecule has 1 aromatic heterocycles. The van der Waals surface area contributed by atoms with Crippen LogP contribution in [0.1, 0.15) is 15.2 Å². The average molecular weight is 535 g/mol. The van der Waals surface area contributed by atoms with E-state index in [9.17, 15) is 18.0 Å². The summed E-state index contributed by atoms with van der Waals surface area (Å²) in [5.74, 6) is 0.0368. The Morgan fingerprint density at radius 1 is 1.23 bits per heavy atom. The number of rotatable bonds is 6. The van der Waals surface area contributed by atoms with Crippen LogP contribution in [0.15, 0.2) is 52.9 Å². The Bertz CT molecular complexity index is 1420. The van der Waals surface area contributed by atoms with Crippen molar-refractivity contribution >= 4 is 66.6 Å². The number of fused-ring (bicyclic) bond motifs is 1. The van der Waals surface area contributed by atoms with Crippen molar-refractivity contribution in [1.82, 2.24) is 10.2 Å². The Kier molecular flexibility index (Phi) is 7.02. The molecule has 1 atom stereocenters. The number of amides is 2. The van der Waals surface area contributed by atoms with Gasteiger partial charge in [0.25, 0.3) is 15.9 Å². The van der Waals surface area contributed by atoms with Gasteiger partial charge in [0.1, 0.15) is 11.9 Å². The maximum atomic E-state index is 12.6. The largest absolute Gasteiger partial charge is 0.442 e. The molecule has 2 amide bonds. The van der Waals surface area contributed by atoms with Crippen molar-refractivity contribution in [3.8, 4) is 0 Å². The topological polar surface area (TPSA) is 108 Å². The number of ether oxygens (including phenoxy) is 1. The highest BCUT2D eigenvalue weighted by atomic mass is 35.5. The van der Waals surface area contributed by atoms with Crippen LogP contribution in [0.5, 0.6) is 0 Å². The van der Waals surface area contributed by atoms with Crippen LogP contribution >= 0.6 is 22.9 Å². The molecule has 1 aliphatic heterocycles. The van der Waals surface area contributed by atoms with E-state index in [0.29, 0.717) is 21.2 Å². The first-order chi connectivity index (χ1) is 16.5. The number of thiophene rings is 1. The second-order valence-electron chi connectivity index (χ2n) is 8.21. The van der Waals surface area contributed by atoms with E-state index in [1.165, 1.54) is 16.2 Å². The van der Waals surface area contributed by atoms with Gasteiger partial charge in [-0.05, 0) is 53.9 Å². The summed E-state index contributed by atoms with van der Waals surface area (Å²) in [4.78, 5) is 28.6. The predicted molar refractivity (Wildman–Crippen MR) is 138 cm³/mol. The van der Waals surface area contributed by atoms with Gasteiger partial charge in [-0.1, -0.05) is 11.6 Å². The molecule has 12 heteroatoms. The van der Waals surface area contributed by atoms with E-state index >= 15 is 0 Å². The second-order valence-corrected chi connectivity index (χ2v) is 11.4. The summed E-state index contributed by atoms with van der Waals surface area (Å²) in [7, 11) is -0.185. The van der Waals surface area contributed by atoms with Crippen molar-refractivity contribution < 1.29 is 22.7 Å². The Balaban J connectivity index is 1.40. The summed E-state index contributed by atoms with van der Waals surface area (Å²) in [5.41, 5.74) is 1.18. The lowest BCUT2D eigenvalue weighted by Gasteiger charge is -2.17. The van der Waals surface area contributed by atoms with E-state index in [-0.39, 0.29) is 24.8 Å². The molecule has 0 saturated carbocycles. The summed E-state index contributed by atoms with van der Waals surface area (Å²) < 4.78 is 33.4. The van der Waals surface area contributed by atoms with E-state index in [2.05, 4.69) is 9.71 Å². The van der Waals surface area contributed by atoms with Gasteiger partial charge in [0, 0.05) is 35.1 Å². The highest BCUT2D eigenvalue weighted by Gasteiger charge is 2.32. The number of nitrogens with zero attached hydrogens (tertiary/aromatic N) is 3. The number of nitrogens with one attached hydrogen (secondary N) is 1. The van der Waals surface area contributed by atoms with Crippen molar-refractivity contribution in [3.63, 3.8) is 0 Å². The minimum Gasteiger partial charge on any atom is -0.442 e. The first-order valence-corrected chi connectivity index (χ1v) is 13.6. The van der Waals surface area contributed by atoms with Gasteiger partial charge in [-0.15, -0.1) is 15.7 Å². The second kappa shape index (κ2) is 9.84. The SMILES string of the molecule is CN(C)C(=NS(C)(=O)=O)c1ccc(N2CC(CNC(=O)c3cc4cc(Cl)ccc4s3)OC2=O)cc1. The zero-order valence-electron chi connectivity index (χ0n) is 19.2. The maximum absolute atomic E-state index is 12.6. The summed E-state index contributed by atoms with van der Waals surface area (Å²) in [6.07, 6.45) is -0.00864. The summed E-state index contributed by atoms with van der Waals surface area (Å²) in [6, 6.07) is 14.0. The molecule has 9 nitrogen and oxygen atoms in total. The third-order valence-electron chi connectivity index (χ3n) is 5.18. The minimum atomic E-state index is -3.58. The van der Waals surface area contributed by atoms with Crippen molar-refractivity contribution in [2.45, 2.75) is 6.10 Å². The van der Waals surface area contributed by atoms with Crippen molar-refractivity contribution in [3.05, 3.63) is 64.0 Å². The molecule has 184 valence electrons. The summed E-state index contributed by atoms with van der Waals surface area (Å²) >= 11 is 7.38. The van der Waals surface area contributed by atoms with Crippen molar-refractivity contribution in [2.24, 2.45) is 4.40 Å². The van der Waals surface area contributed by atoms with Crippen LogP contribution in [0.2, 0.25) is 5.02 Å². The van der Waals surface area contributed by atoms with Gasteiger partial charge >= 0.3 is 6.09 Å². The van der Waals surface area contributed by atoms with Gasteiger partial charge in [-0.2, -0.15) is 0 Å². The molecular weight excluding hydrogens is 512 g/mol. The molecule has 2 aromatic carbocycles. The summed E-state index contributed by atoms with van der Waals surface area (Å²) in [5, 5.41) is 4.33. The maximum Gasteiger partial charge on any atom is 0.414 e. The van der Waals surface area contributed by atoms with Gasteiger partial charge in [0.15, 0.2) is 0 Å². The summed E-state index contributed by atoms with van der Waals surface area (Å²) in [6.45, 7) is 0.429. The Morgan fingerprint density at radius 3 is 2.60 bits per heavy atom. The van der Waals surface area contributed by atoms with Crippen LogP contribution in [-0.2, 0) is 14.8 Å². The number of benzene rings is 2. The number of halogens is 1. The first-order valence-electron chi connectivity index (χ1n) is 10.5. The zero-order valence-corrected chi connectivity index (χ0v) is 21.6. The molecule has 1 saturated heterocycles. The monoisotopic (exact) mass is 534 g/mol. The number of hydrogen-bond acceptors (Lipinski definition) is 6. The lowest BCUT2D eigenvalue weighted by Crippen LogP contribution is -2.34. The molecule has 4 rings (SSSR count). The number of sulfonamides is 1. The van der Waals surface area contributed by atoms with Gasteiger partial charge in [0.2, 0.25) is 0 Å². The van der Waals surface area contributed by atoms with E-state index in [1.54, 1.807) is 61.5 Å². The van der Waals surface area contributed by atoms with Gasteiger partial charge < -0.3 is 15.0 Å². The molecule has 0 aliphatic carbocycles.